The van der Waals surface area contributed by atoms with Crippen molar-refractivity contribution in [2.45, 2.75) is 90.3 Å². The zero-order chi connectivity index (χ0) is 31.0. The lowest BCUT2D eigenvalue weighted by Gasteiger charge is -2.42. The van der Waals surface area contributed by atoms with Gasteiger partial charge >= 0.3 is 0 Å². The fourth-order valence-electron chi connectivity index (χ4n) is 9.66. The first kappa shape index (κ1) is 30.6. The third-order valence-corrected chi connectivity index (χ3v) is 12.0. The van der Waals surface area contributed by atoms with E-state index in [1.807, 2.05) is 13.8 Å². The number of fused-ring (bicyclic) bond motifs is 5. The standard InChI is InChI=1S/C20H26N2.C19H22N2.C2H6.2H2/c1-2-16-12-15-6-5-9-20(16)22(14-15)11-10-17-13-21-19-8-4-3-7-18(17)19;1-2-13-11-15-7-9-19(15)18(13)21(19)10-8-14-12-20-17-6-4-3-5-16(14)17;1-2;;/h3-8,13,15-16,20-21H,2,9-12,14H2,1H3;3-7,9,12-13,15,18,20H,2,8,10-11H2,1H3;1-2H3;2*1H. The van der Waals surface area contributed by atoms with Gasteiger partial charge < -0.3 is 9.97 Å². The van der Waals surface area contributed by atoms with Crippen LogP contribution in [0.15, 0.2) is 85.2 Å². The minimum Gasteiger partial charge on any atom is -0.361 e. The van der Waals surface area contributed by atoms with Gasteiger partial charge in [-0.15, -0.1) is 0 Å². The van der Waals surface area contributed by atoms with E-state index in [2.05, 4.69) is 119 Å². The van der Waals surface area contributed by atoms with Crippen LogP contribution >= 0.6 is 0 Å². The van der Waals surface area contributed by atoms with Crippen molar-refractivity contribution in [3.05, 3.63) is 96.4 Å². The van der Waals surface area contributed by atoms with E-state index < -0.39 is 0 Å². The van der Waals surface area contributed by atoms with Gasteiger partial charge in [0.05, 0.1) is 5.54 Å². The Kier molecular flexibility index (Phi) is 8.81. The predicted octanol–water partition coefficient (Wildman–Crippen LogP) is 9.65. The summed E-state index contributed by atoms with van der Waals surface area (Å²) < 4.78 is 0. The summed E-state index contributed by atoms with van der Waals surface area (Å²) >= 11 is 0. The molecule has 2 aromatic heterocycles. The molecule has 10 rings (SSSR count). The molecule has 4 aromatic rings. The van der Waals surface area contributed by atoms with E-state index in [4.69, 9.17) is 0 Å². The molecule has 1 spiro atoms. The number of benzene rings is 2. The maximum absolute atomic E-state index is 3.41. The van der Waals surface area contributed by atoms with Gasteiger partial charge in [0.25, 0.3) is 0 Å². The van der Waals surface area contributed by atoms with Gasteiger partial charge in [0.1, 0.15) is 0 Å². The van der Waals surface area contributed by atoms with Gasteiger partial charge in [-0.05, 0) is 73.1 Å². The van der Waals surface area contributed by atoms with Crippen molar-refractivity contribution in [1.82, 2.24) is 19.8 Å². The third kappa shape index (κ3) is 5.42. The lowest BCUT2D eigenvalue weighted by molar-refractivity contribution is 0.0763. The first-order valence-electron chi connectivity index (χ1n) is 18.2. The van der Waals surface area contributed by atoms with Crippen molar-refractivity contribution >= 4 is 21.8 Å². The van der Waals surface area contributed by atoms with Gasteiger partial charge in [0, 0.05) is 74.7 Å². The third-order valence-electron chi connectivity index (χ3n) is 12.0. The van der Waals surface area contributed by atoms with Gasteiger partial charge in [0.2, 0.25) is 0 Å². The molecule has 0 radical (unpaired) electrons. The van der Waals surface area contributed by atoms with Crippen LogP contribution in [0.2, 0.25) is 0 Å². The topological polar surface area (TPSA) is 37.8 Å². The molecule has 45 heavy (non-hydrogen) atoms. The number of H-pyrrole nitrogens is 2. The lowest BCUT2D eigenvalue weighted by Crippen LogP contribution is -2.47. The molecular weight excluding hydrogens is 548 g/mol. The smallest absolute Gasteiger partial charge is 0.0617 e. The molecule has 5 heterocycles. The van der Waals surface area contributed by atoms with Crippen LogP contribution < -0.4 is 0 Å². The first-order valence-corrected chi connectivity index (χ1v) is 18.2. The van der Waals surface area contributed by atoms with Gasteiger partial charge in [-0.1, -0.05) is 101 Å². The van der Waals surface area contributed by atoms with Crippen LogP contribution in [0.5, 0.6) is 0 Å². The average molecular weight is 607 g/mol. The number of likely N-dealkylation sites (tertiary alicyclic amines) is 1. The summed E-state index contributed by atoms with van der Waals surface area (Å²) in [6.45, 7) is 12.4. The fraction of sp³-hybridized carbons (Fsp3) is 0.512. The minimum absolute atomic E-state index is 0. The Morgan fingerprint density at radius 3 is 2.07 bits per heavy atom. The highest BCUT2D eigenvalue weighted by Crippen LogP contribution is 2.65. The minimum atomic E-state index is 0. The van der Waals surface area contributed by atoms with Gasteiger partial charge in [-0.25, -0.2) is 0 Å². The summed E-state index contributed by atoms with van der Waals surface area (Å²) in [4.78, 5) is 12.4. The molecule has 2 N–H and O–H groups in total. The van der Waals surface area contributed by atoms with E-state index in [1.165, 1.54) is 91.1 Å². The van der Waals surface area contributed by atoms with Crippen molar-refractivity contribution in [1.29, 1.82) is 0 Å². The monoisotopic (exact) mass is 606 g/mol. The van der Waals surface area contributed by atoms with Gasteiger partial charge in [0.15, 0.2) is 0 Å². The Morgan fingerprint density at radius 2 is 1.44 bits per heavy atom. The zero-order valence-electron chi connectivity index (χ0n) is 28.0. The molecule has 8 atom stereocenters. The molecule has 4 nitrogen and oxygen atoms in total. The van der Waals surface area contributed by atoms with Crippen molar-refractivity contribution in [3.8, 4) is 0 Å². The Bertz CT molecular complexity index is 1650. The van der Waals surface area contributed by atoms with E-state index in [0.29, 0.717) is 5.54 Å². The number of piperidine rings is 2. The quantitative estimate of drug-likeness (QED) is 0.155. The van der Waals surface area contributed by atoms with Crippen molar-refractivity contribution in [3.63, 3.8) is 0 Å². The van der Waals surface area contributed by atoms with Crippen LogP contribution in [0.1, 0.15) is 73.8 Å². The predicted molar refractivity (Wildman–Crippen MR) is 195 cm³/mol. The second-order valence-corrected chi connectivity index (χ2v) is 14.0. The maximum Gasteiger partial charge on any atom is 0.0617 e. The molecule has 6 aliphatic rings. The van der Waals surface area contributed by atoms with Crippen LogP contribution in [0.4, 0.5) is 0 Å². The summed E-state index contributed by atoms with van der Waals surface area (Å²) in [7, 11) is 0. The number of nitrogens with zero attached hydrogens (tertiary/aromatic N) is 2. The number of aromatic amines is 2. The van der Waals surface area contributed by atoms with Crippen molar-refractivity contribution in [2.75, 3.05) is 19.6 Å². The molecule has 0 amide bonds. The molecule has 1 saturated carbocycles. The second-order valence-electron chi connectivity index (χ2n) is 14.0. The largest absolute Gasteiger partial charge is 0.361 e. The number of aromatic nitrogens is 2. The van der Waals surface area contributed by atoms with Crippen LogP contribution in [-0.2, 0) is 12.8 Å². The average Bonchev–Trinajstić information content (AvgIpc) is 3.43. The molecular formula is C41H58N4. The molecule has 2 aromatic carbocycles. The Labute approximate surface area is 273 Å². The Hall–Kier alpha value is -3.08. The van der Waals surface area contributed by atoms with Crippen LogP contribution in [0.3, 0.4) is 0 Å². The molecule has 242 valence electrons. The maximum atomic E-state index is 3.41. The Balaban J connectivity index is 0.000000169. The van der Waals surface area contributed by atoms with E-state index in [0.717, 1.165) is 42.2 Å². The van der Waals surface area contributed by atoms with E-state index in [1.54, 1.807) is 0 Å². The molecule has 3 fully saturated rings. The summed E-state index contributed by atoms with van der Waals surface area (Å²) in [5.41, 5.74) is 5.97. The first-order chi connectivity index (χ1) is 22.2. The van der Waals surface area contributed by atoms with E-state index in [-0.39, 0.29) is 2.85 Å². The fourth-order valence-corrected chi connectivity index (χ4v) is 9.66. The highest BCUT2D eigenvalue weighted by molar-refractivity contribution is 5.83. The molecule has 4 heteroatoms. The van der Waals surface area contributed by atoms with E-state index >= 15 is 0 Å². The van der Waals surface area contributed by atoms with Gasteiger partial charge in [-0.2, -0.15) is 0 Å². The number of para-hydroxylation sites is 2. The molecule has 2 saturated heterocycles. The molecule has 3 aliphatic heterocycles. The summed E-state index contributed by atoms with van der Waals surface area (Å²) in [6.07, 6.45) is 23.4. The van der Waals surface area contributed by atoms with Crippen LogP contribution in [0.25, 0.3) is 21.8 Å². The van der Waals surface area contributed by atoms with Crippen LogP contribution in [-0.4, -0.2) is 57.0 Å². The molecule has 3 aliphatic carbocycles. The number of nitrogens with one attached hydrogen (secondary N) is 2. The normalized spacial score (nSPS) is 32.2. The Morgan fingerprint density at radius 1 is 0.800 bits per heavy atom. The lowest BCUT2D eigenvalue weighted by atomic mass is 9.82. The number of hydrogen-bond acceptors (Lipinski definition) is 2. The summed E-state index contributed by atoms with van der Waals surface area (Å²) in [6, 6.07) is 18.9. The zero-order valence-corrected chi connectivity index (χ0v) is 28.0. The van der Waals surface area contributed by atoms with E-state index in [9.17, 15) is 0 Å². The SMILES string of the molecule is CC.CCC1CC2C=CC23C1N3CCc1c[nH]c2ccccc12.CCC1CC2C=CCC1N(CCc1c[nH]c3ccccc13)C2.[HH].[HH]. The second kappa shape index (κ2) is 13.0. The number of rotatable bonds is 8. The highest BCUT2D eigenvalue weighted by Gasteiger charge is 2.73. The molecule has 8 unspecified atom stereocenters. The van der Waals surface area contributed by atoms with Crippen molar-refractivity contribution < 1.29 is 2.85 Å². The summed E-state index contributed by atoms with van der Waals surface area (Å²) in [5.74, 6) is 3.45. The molecule has 2 bridgehead atoms. The number of hydrogen-bond donors (Lipinski definition) is 2. The van der Waals surface area contributed by atoms with Crippen molar-refractivity contribution in [2.24, 2.45) is 23.7 Å². The van der Waals surface area contributed by atoms with Gasteiger partial charge in [-0.3, -0.25) is 9.80 Å². The highest BCUT2D eigenvalue weighted by atomic mass is 15.4. The van der Waals surface area contributed by atoms with Crippen LogP contribution in [0, 0.1) is 23.7 Å². The summed E-state index contributed by atoms with van der Waals surface area (Å²) in [5, 5.41) is 2.79.